The van der Waals surface area contributed by atoms with Crippen molar-refractivity contribution >= 4 is 33.0 Å². The molecule has 0 aromatic carbocycles. The second-order valence-corrected chi connectivity index (χ2v) is 9.73. The Morgan fingerprint density at radius 1 is 1.19 bits per heavy atom. The molecule has 7 heteroatoms. The lowest BCUT2D eigenvalue weighted by Gasteiger charge is -2.36. The van der Waals surface area contributed by atoms with Crippen molar-refractivity contribution in [1.82, 2.24) is 4.31 Å². The maximum Gasteiger partial charge on any atom is 0.252 e. The highest BCUT2D eigenvalue weighted by Crippen LogP contribution is 2.38. The van der Waals surface area contributed by atoms with Crippen molar-refractivity contribution < 1.29 is 13.5 Å². The van der Waals surface area contributed by atoms with Crippen molar-refractivity contribution in [3.63, 3.8) is 0 Å². The number of sulfonamides is 1. The Labute approximate surface area is 134 Å². The van der Waals surface area contributed by atoms with Crippen molar-refractivity contribution in [2.75, 3.05) is 6.54 Å². The average Bonchev–Trinajstić information content (AvgIpc) is 3.08. The Morgan fingerprint density at radius 2 is 1.95 bits per heavy atom. The van der Waals surface area contributed by atoms with Crippen LogP contribution in [0.15, 0.2) is 16.3 Å². The van der Waals surface area contributed by atoms with Gasteiger partial charge in [0.25, 0.3) is 10.0 Å². The SMILES string of the molecule is O=S(=O)(c1ccc(Cl)s1)N1CCCC1C1CCCCC1O. The largest absolute Gasteiger partial charge is 0.393 e. The molecule has 1 aromatic rings. The summed E-state index contributed by atoms with van der Waals surface area (Å²) < 4.78 is 28.0. The van der Waals surface area contributed by atoms with E-state index in [2.05, 4.69) is 0 Å². The van der Waals surface area contributed by atoms with Gasteiger partial charge in [0, 0.05) is 18.5 Å². The molecule has 1 aromatic heterocycles. The van der Waals surface area contributed by atoms with E-state index in [9.17, 15) is 13.5 Å². The van der Waals surface area contributed by atoms with Crippen LogP contribution >= 0.6 is 22.9 Å². The minimum Gasteiger partial charge on any atom is -0.393 e. The zero-order chi connectivity index (χ0) is 15.0. The van der Waals surface area contributed by atoms with Crippen molar-refractivity contribution in [3.8, 4) is 0 Å². The first-order chi connectivity index (χ1) is 10.00. The molecule has 21 heavy (non-hydrogen) atoms. The van der Waals surface area contributed by atoms with E-state index in [0.717, 1.165) is 49.9 Å². The second-order valence-electron chi connectivity index (χ2n) is 5.90. The first kappa shape index (κ1) is 15.7. The van der Waals surface area contributed by atoms with Gasteiger partial charge >= 0.3 is 0 Å². The zero-order valence-corrected chi connectivity index (χ0v) is 14.1. The van der Waals surface area contributed by atoms with E-state index in [0.29, 0.717) is 15.1 Å². The number of hydrogen-bond acceptors (Lipinski definition) is 4. The Kier molecular flexibility index (Phi) is 4.62. The third-order valence-electron chi connectivity index (χ3n) is 4.64. The summed E-state index contributed by atoms with van der Waals surface area (Å²) in [6.07, 6.45) is 5.18. The smallest absolute Gasteiger partial charge is 0.252 e. The maximum atomic E-state index is 12.8. The molecular formula is C14H20ClNO3S2. The summed E-state index contributed by atoms with van der Waals surface area (Å²) in [7, 11) is -3.48. The molecule has 1 N–H and O–H groups in total. The van der Waals surface area contributed by atoms with Gasteiger partial charge in [-0.2, -0.15) is 4.31 Å². The molecule has 0 bridgehead atoms. The number of halogens is 1. The zero-order valence-electron chi connectivity index (χ0n) is 11.7. The number of aliphatic hydroxyl groups is 1. The lowest BCUT2D eigenvalue weighted by Crippen LogP contribution is -2.45. The van der Waals surface area contributed by atoms with Crippen molar-refractivity contribution in [1.29, 1.82) is 0 Å². The Hall–Kier alpha value is -0.140. The molecule has 1 saturated carbocycles. The summed E-state index contributed by atoms with van der Waals surface area (Å²) in [4.78, 5) is 0. The van der Waals surface area contributed by atoms with E-state index >= 15 is 0 Å². The third kappa shape index (κ3) is 3.01. The summed E-state index contributed by atoms with van der Waals surface area (Å²) in [5.41, 5.74) is 0. The van der Waals surface area contributed by atoms with Crippen molar-refractivity contribution in [2.24, 2.45) is 5.92 Å². The fourth-order valence-electron chi connectivity index (χ4n) is 3.63. The fourth-order valence-corrected chi connectivity index (χ4v) is 6.98. The van der Waals surface area contributed by atoms with E-state index < -0.39 is 10.0 Å². The Morgan fingerprint density at radius 3 is 2.62 bits per heavy atom. The molecule has 0 spiro atoms. The number of rotatable bonds is 3. The van der Waals surface area contributed by atoms with E-state index in [-0.39, 0.29) is 18.1 Å². The van der Waals surface area contributed by atoms with E-state index in [1.54, 1.807) is 16.4 Å². The van der Waals surface area contributed by atoms with Gasteiger partial charge in [-0.1, -0.05) is 24.4 Å². The van der Waals surface area contributed by atoms with E-state index in [1.807, 2.05) is 0 Å². The second kappa shape index (κ2) is 6.16. The summed E-state index contributed by atoms with van der Waals surface area (Å²) >= 11 is 6.98. The molecule has 2 aliphatic rings. The highest BCUT2D eigenvalue weighted by Gasteiger charge is 2.42. The normalized spacial score (nSPS) is 31.6. The number of aliphatic hydroxyl groups excluding tert-OH is 1. The first-order valence-electron chi connectivity index (χ1n) is 7.45. The van der Waals surface area contributed by atoms with Crippen LogP contribution < -0.4 is 0 Å². The molecular weight excluding hydrogens is 330 g/mol. The molecule has 3 unspecified atom stereocenters. The minimum atomic E-state index is -3.48. The molecule has 1 saturated heterocycles. The maximum absolute atomic E-state index is 12.8. The topological polar surface area (TPSA) is 57.6 Å². The van der Waals surface area contributed by atoms with Gasteiger partial charge < -0.3 is 5.11 Å². The average molecular weight is 350 g/mol. The van der Waals surface area contributed by atoms with Gasteiger partial charge in [0.15, 0.2) is 0 Å². The predicted molar refractivity (Wildman–Crippen MR) is 84.2 cm³/mol. The number of nitrogens with zero attached hydrogens (tertiary/aromatic N) is 1. The van der Waals surface area contributed by atoms with Gasteiger partial charge in [0.2, 0.25) is 0 Å². The molecule has 1 aliphatic carbocycles. The monoisotopic (exact) mass is 349 g/mol. The van der Waals surface area contributed by atoms with Crippen LogP contribution in [0.5, 0.6) is 0 Å². The van der Waals surface area contributed by atoms with E-state index in [4.69, 9.17) is 11.6 Å². The van der Waals surface area contributed by atoms with Gasteiger partial charge in [0.1, 0.15) is 4.21 Å². The van der Waals surface area contributed by atoms with Crippen LogP contribution in [0.25, 0.3) is 0 Å². The molecule has 2 fully saturated rings. The fraction of sp³-hybridized carbons (Fsp3) is 0.714. The number of hydrogen-bond donors (Lipinski definition) is 1. The van der Waals surface area contributed by atoms with Gasteiger partial charge in [-0.25, -0.2) is 8.42 Å². The van der Waals surface area contributed by atoms with Crippen LogP contribution in [0, 0.1) is 5.92 Å². The summed E-state index contributed by atoms with van der Waals surface area (Å²) in [6, 6.07) is 3.14. The van der Waals surface area contributed by atoms with Crippen LogP contribution in [0.1, 0.15) is 38.5 Å². The van der Waals surface area contributed by atoms with Crippen molar-refractivity contribution in [2.45, 2.75) is 54.9 Å². The lowest BCUT2D eigenvalue weighted by atomic mass is 9.81. The molecule has 118 valence electrons. The third-order valence-corrected chi connectivity index (χ3v) is 8.26. The van der Waals surface area contributed by atoms with Crippen LogP contribution in [0.2, 0.25) is 4.34 Å². The van der Waals surface area contributed by atoms with E-state index in [1.165, 1.54) is 0 Å². The van der Waals surface area contributed by atoms with Crippen LogP contribution in [0.4, 0.5) is 0 Å². The van der Waals surface area contributed by atoms with Gasteiger partial charge in [-0.3, -0.25) is 0 Å². The molecule has 0 amide bonds. The molecule has 4 nitrogen and oxygen atoms in total. The van der Waals surface area contributed by atoms with Gasteiger partial charge in [-0.15, -0.1) is 11.3 Å². The highest BCUT2D eigenvalue weighted by molar-refractivity contribution is 7.91. The van der Waals surface area contributed by atoms with Gasteiger partial charge in [0.05, 0.1) is 10.4 Å². The molecule has 2 heterocycles. The lowest BCUT2D eigenvalue weighted by molar-refractivity contribution is 0.0387. The number of thiophene rings is 1. The Bertz CT molecular complexity index is 601. The van der Waals surface area contributed by atoms with Crippen LogP contribution in [0.3, 0.4) is 0 Å². The minimum absolute atomic E-state index is 0.0637. The van der Waals surface area contributed by atoms with Gasteiger partial charge in [-0.05, 0) is 37.8 Å². The summed E-state index contributed by atoms with van der Waals surface area (Å²) in [5, 5.41) is 10.2. The Balaban J connectivity index is 1.86. The van der Waals surface area contributed by atoms with Crippen molar-refractivity contribution in [3.05, 3.63) is 16.5 Å². The molecule has 3 rings (SSSR count). The molecule has 1 aliphatic heterocycles. The summed E-state index contributed by atoms with van der Waals surface area (Å²) in [6.45, 7) is 0.547. The quantitative estimate of drug-likeness (QED) is 0.912. The summed E-state index contributed by atoms with van der Waals surface area (Å²) in [5.74, 6) is 0.0754. The van der Waals surface area contributed by atoms with Crippen LogP contribution in [-0.4, -0.2) is 36.5 Å². The highest BCUT2D eigenvalue weighted by atomic mass is 35.5. The first-order valence-corrected chi connectivity index (χ1v) is 10.1. The predicted octanol–water partition coefficient (Wildman–Crippen LogP) is 3.11. The van der Waals surface area contributed by atoms with Crippen LogP contribution in [-0.2, 0) is 10.0 Å². The molecule has 0 radical (unpaired) electrons. The molecule has 3 atom stereocenters. The standard InChI is InChI=1S/C14H20ClNO3S2/c15-13-7-8-14(20-13)21(18,19)16-9-3-5-11(16)10-4-1-2-6-12(10)17/h7-8,10-12,17H,1-6,9H2.